The van der Waals surface area contributed by atoms with Crippen LogP contribution in [0, 0.1) is 46.3 Å². The van der Waals surface area contributed by atoms with Crippen LogP contribution in [0.1, 0.15) is 103 Å². The lowest BCUT2D eigenvalue weighted by molar-refractivity contribution is -0.290. The molecule has 0 radical (unpaired) electrons. The smallest absolute Gasteiger partial charge is 0.195 e. The minimum Gasteiger partial charge on any atom is -0.349 e. The number of hydrogen-bond acceptors (Lipinski definition) is 4. The van der Waals surface area contributed by atoms with Crippen LogP contribution in [0.15, 0.2) is 24.3 Å². The van der Waals surface area contributed by atoms with Gasteiger partial charge in [-0.3, -0.25) is 0 Å². The summed E-state index contributed by atoms with van der Waals surface area (Å²) >= 11 is 0. The van der Waals surface area contributed by atoms with Gasteiger partial charge in [0, 0.05) is 24.3 Å². The van der Waals surface area contributed by atoms with Crippen LogP contribution in [-0.4, -0.2) is 24.6 Å². The molecule has 0 aromatic heterocycles. The molecule has 0 unspecified atom stereocenters. The lowest BCUT2D eigenvalue weighted by atomic mass is 9.47. The van der Waals surface area contributed by atoms with Gasteiger partial charge in [-0.1, -0.05) is 52.0 Å². The van der Waals surface area contributed by atoms with E-state index in [0.717, 1.165) is 37.2 Å². The summed E-state index contributed by atoms with van der Waals surface area (Å²) in [5.74, 6) is 3.30. The molecule has 7 aliphatic rings. The van der Waals surface area contributed by atoms with E-state index < -0.39 is 5.79 Å². The van der Waals surface area contributed by atoms with Crippen LogP contribution < -0.4 is 0 Å². The SMILES string of the molecule is C[C@@H]1CC[C@@]2(OC1)O[C@H]1C[C@H]3[C@@H]4CC[C@H]5O[C@@]6(CCC[C@]5(C)[C@H]4CC[C@]3(C)[C@H]1[C@@H]2C)OCc1ccccc16. The molecule has 38 heavy (non-hydrogen) atoms. The van der Waals surface area contributed by atoms with E-state index in [2.05, 4.69) is 52.0 Å². The van der Waals surface area contributed by atoms with Crippen LogP contribution in [0.2, 0.25) is 0 Å². The van der Waals surface area contributed by atoms with E-state index in [1.165, 1.54) is 62.5 Å². The van der Waals surface area contributed by atoms with Crippen molar-refractivity contribution in [3.63, 3.8) is 0 Å². The second kappa shape index (κ2) is 8.30. The molecule has 208 valence electrons. The first kappa shape index (κ1) is 24.8. The van der Waals surface area contributed by atoms with E-state index >= 15 is 0 Å². The molecule has 0 N–H and O–H groups in total. The van der Waals surface area contributed by atoms with Gasteiger partial charge in [0.1, 0.15) is 0 Å². The van der Waals surface area contributed by atoms with Crippen LogP contribution >= 0.6 is 0 Å². The van der Waals surface area contributed by atoms with Gasteiger partial charge in [-0.2, -0.15) is 0 Å². The molecule has 0 bridgehead atoms. The van der Waals surface area contributed by atoms with Crippen LogP contribution in [0.25, 0.3) is 0 Å². The maximum atomic E-state index is 7.19. The Morgan fingerprint density at radius 3 is 2.53 bits per heavy atom. The molecule has 4 heterocycles. The topological polar surface area (TPSA) is 36.9 Å². The highest BCUT2D eigenvalue weighted by atomic mass is 16.7. The number of hydrogen-bond donors (Lipinski definition) is 0. The Morgan fingerprint density at radius 2 is 1.68 bits per heavy atom. The molecule has 1 aromatic carbocycles. The lowest BCUT2D eigenvalue weighted by Gasteiger charge is -2.59. The van der Waals surface area contributed by atoms with E-state index in [0.29, 0.717) is 42.0 Å². The summed E-state index contributed by atoms with van der Waals surface area (Å²) in [5.41, 5.74) is 3.23. The summed E-state index contributed by atoms with van der Waals surface area (Å²) in [6.07, 6.45) is 12.9. The highest BCUT2D eigenvalue weighted by molar-refractivity contribution is 5.34. The van der Waals surface area contributed by atoms with E-state index in [1.807, 2.05) is 0 Å². The van der Waals surface area contributed by atoms with E-state index in [-0.39, 0.29) is 11.2 Å². The molecule has 3 aliphatic carbocycles. The molecule has 2 spiro atoms. The molecule has 4 nitrogen and oxygen atoms in total. The summed E-state index contributed by atoms with van der Waals surface area (Å²) in [4.78, 5) is 0. The number of ether oxygens (including phenoxy) is 4. The molecular formula is C34H48O4. The Labute approximate surface area is 229 Å². The van der Waals surface area contributed by atoms with Crippen molar-refractivity contribution in [1.82, 2.24) is 0 Å². The zero-order valence-electron chi connectivity index (χ0n) is 24.0. The molecular weight excluding hydrogens is 472 g/mol. The third-order valence-corrected chi connectivity index (χ3v) is 13.5. The van der Waals surface area contributed by atoms with Crippen molar-refractivity contribution in [3.05, 3.63) is 35.4 Å². The normalized spacial score (nSPS) is 55.2. The zero-order valence-corrected chi connectivity index (χ0v) is 24.0. The Balaban J connectivity index is 1.06. The molecule has 0 amide bonds. The average molecular weight is 521 g/mol. The third kappa shape index (κ3) is 3.18. The van der Waals surface area contributed by atoms with Crippen LogP contribution in [-0.2, 0) is 31.3 Å². The summed E-state index contributed by atoms with van der Waals surface area (Å²) in [5, 5.41) is 0. The second-order valence-electron chi connectivity index (χ2n) is 15.1. The van der Waals surface area contributed by atoms with Gasteiger partial charge in [-0.05, 0) is 97.3 Å². The van der Waals surface area contributed by atoms with Crippen molar-refractivity contribution in [1.29, 1.82) is 0 Å². The van der Waals surface area contributed by atoms with Crippen molar-refractivity contribution in [2.24, 2.45) is 46.3 Å². The average Bonchev–Trinajstić information content (AvgIpc) is 3.46. The number of benzene rings is 1. The van der Waals surface area contributed by atoms with Crippen molar-refractivity contribution in [2.45, 2.75) is 122 Å². The van der Waals surface area contributed by atoms with Crippen molar-refractivity contribution in [3.8, 4) is 0 Å². The van der Waals surface area contributed by atoms with Crippen LogP contribution in [0.3, 0.4) is 0 Å². The first-order valence-corrected chi connectivity index (χ1v) is 16.0. The first-order valence-electron chi connectivity index (χ1n) is 16.0. The maximum absolute atomic E-state index is 7.19. The van der Waals surface area contributed by atoms with E-state index in [1.54, 1.807) is 0 Å². The van der Waals surface area contributed by atoms with Gasteiger partial charge >= 0.3 is 0 Å². The Morgan fingerprint density at radius 1 is 0.816 bits per heavy atom. The highest BCUT2D eigenvalue weighted by Gasteiger charge is 2.69. The van der Waals surface area contributed by atoms with Crippen molar-refractivity contribution < 1.29 is 18.9 Å². The third-order valence-electron chi connectivity index (χ3n) is 13.5. The molecule has 12 atom stereocenters. The van der Waals surface area contributed by atoms with Gasteiger partial charge < -0.3 is 18.9 Å². The summed E-state index contributed by atoms with van der Waals surface area (Å²) in [6, 6.07) is 8.77. The minimum atomic E-state index is -0.519. The second-order valence-corrected chi connectivity index (χ2v) is 15.1. The van der Waals surface area contributed by atoms with Gasteiger partial charge in [0.15, 0.2) is 11.6 Å². The van der Waals surface area contributed by atoms with Gasteiger partial charge in [0.2, 0.25) is 0 Å². The Kier molecular flexibility index (Phi) is 5.42. The number of rotatable bonds is 0. The summed E-state index contributed by atoms with van der Waals surface area (Å²) in [6.45, 7) is 11.6. The van der Waals surface area contributed by atoms with Gasteiger partial charge in [0.05, 0.1) is 25.4 Å². The summed E-state index contributed by atoms with van der Waals surface area (Å²) in [7, 11) is 0. The predicted molar refractivity (Wildman–Crippen MR) is 146 cm³/mol. The van der Waals surface area contributed by atoms with Crippen molar-refractivity contribution >= 4 is 0 Å². The monoisotopic (exact) mass is 520 g/mol. The van der Waals surface area contributed by atoms with Crippen LogP contribution in [0.5, 0.6) is 0 Å². The van der Waals surface area contributed by atoms with Crippen molar-refractivity contribution in [2.75, 3.05) is 6.61 Å². The fraction of sp³-hybridized carbons (Fsp3) is 0.824. The lowest BCUT2D eigenvalue weighted by Crippen LogP contribution is -2.55. The molecule has 6 fully saturated rings. The molecule has 4 heteroatoms. The molecule has 1 aromatic rings. The maximum Gasteiger partial charge on any atom is 0.195 e. The predicted octanol–water partition coefficient (Wildman–Crippen LogP) is 7.59. The van der Waals surface area contributed by atoms with E-state index in [9.17, 15) is 0 Å². The standard InChI is InChI=1S/C34H48O4/c1-21-12-17-33(35-19-21)22(2)30-28(37-33)18-27-24-10-11-29-31(3,26(24)13-16-32(27,30)4)14-7-15-34(38-29)25-9-6-5-8-23(25)20-36-34/h5-6,8-9,21-22,24,26-30H,7,10-20H2,1-4H3/t21-,22+,24-,26+,27+,28+,29-,30+,31-,32+,33-,34-/m1/s1. The minimum absolute atomic E-state index is 0.239. The number of fused-ring (bicyclic) bond motifs is 9. The highest BCUT2D eigenvalue weighted by Crippen LogP contribution is 2.71. The molecule has 8 rings (SSSR count). The Bertz CT molecular complexity index is 1090. The fourth-order valence-corrected chi connectivity index (χ4v) is 11.6. The Hall–Kier alpha value is -0.940. The van der Waals surface area contributed by atoms with Gasteiger partial charge in [0.25, 0.3) is 0 Å². The zero-order chi connectivity index (χ0) is 25.9. The first-order chi connectivity index (χ1) is 18.3. The van der Waals surface area contributed by atoms with E-state index in [4.69, 9.17) is 18.9 Å². The molecule has 3 saturated heterocycles. The largest absolute Gasteiger partial charge is 0.349 e. The molecule has 3 saturated carbocycles. The quantitative estimate of drug-likeness (QED) is 0.353. The van der Waals surface area contributed by atoms with Gasteiger partial charge in [-0.25, -0.2) is 0 Å². The van der Waals surface area contributed by atoms with Crippen LogP contribution in [0.4, 0.5) is 0 Å². The van der Waals surface area contributed by atoms with Gasteiger partial charge in [-0.15, -0.1) is 0 Å². The summed E-state index contributed by atoms with van der Waals surface area (Å²) < 4.78 is 27.2. The molecule has 4 aliphatic heterocycles. The fourth-order valence-electron chi connectivity index (χ4n) is 11.6.